The van der Waals surface area contributed by atoms with Gasteiger partial charge in [0.1, 0.15) is 12.1 Å². The van der Waals surface area contributed by atoms with Gasteiger partial charge < -0.3 is 16.0 Å². The summed E-state index contributed by atoms with van der Waals surface area (Å²) < 4.78 is 0.689. The van der Waals surface area contributed by atoms with Gasteiger partial charge >= 0.3 is 0 Å². The first-order valence-corrected chi connectivity index (χ1v) is 12.3. The lowest BCUT2D eigenvalue weighted by molar-refractivity contribution is 0.0964. The molecule has 10 heteroatoms. The van der Waals surface area contributed by atoms with Gasteiger partial charge in [-0.25, -0.2) is 15.0 Å². The first-order valence-electron chi connectivity index (χ1n) is 11.6. The maximum absolute atomic E-state index is 12.2. The quantitative estimate of drug-likeness (QED) is 0.313. The van der Waals surface area contributed by atoms with Gasteiger partial charge in [-0.3, -0.25) is 9.69 Å². The number of nitrogens with zero attached hydrogens (tertiary/aromatic N) is 5. The smallest absolute Gasteiger partial charge is 0.253 e. The molecule has 0 fully saturated rings. The molecule has 3 heterocycles. The van der Waals surface area contributed by atoms with Crippen molar-refractivity contribution in [2.45, 2.75) is 19.5 Å². The topological polar surface area (TPSA) is 108 Å². The lowest BCUT2D eigenvalue weighted by Gasteiger charge is -2.28. The van der Waals surface area contributed by atoms with Gasteiger partial charge in [0.25, 0.3) is 5.91 Å². The third-order valence-corrected chi connectivity index (χ3v) is 6.56. The SMILES string of the molecule is CNC(=O)c1ccccc1Nc1nc(Nc2ccc3c(c2)CCN(Cc2ccncn2)C3)ncc1Br. The Hall–Kier alpha value is -3.89. The van der Waals surface area contributed by atoms with E-state index in [2.05, 4.69) is 68.8 Å². The number of nitrogens with one attached hydrogen (secondary N) is 3. The number of rotatable bonds is 7. The van der Waals surface area contributed by atoms with Crippen LogP contribution in [0.2, 0.25) is 0 Å². The highest BCUT2D eigenvalue weighted by atomic mass is 79.9. The number of anilines is 4. The summed E-state index contributed by atoms with van der Waals surface area (Å²) in [5.74, 6) is 0.840. The van der Waals surface area contributed by atoms with Crippen LogP contribution < -0.4 is 16.0 Å². The molecule has 0 unspecified atom stereocenters. The van der Waals surface area contributed by atoms with Crippen molar-refractivity contribution < 1.29 is 4.79 Å². The molecular weight excluding hydrogens is 520 g/mol. The van der Waals surface area contributed by atoms with Crippen LogP contribution in [0.15, 0.2) is 71.7 Å². The van der Waals surface area contributed by atoms with E-state index in [1.807, 2.05) is 30.3 Å². The van der Waals surface area contributed by atoms with Gasteiger partial charge in [0.05, 0.1) is 21.4 Å². The summed E-state index contributed by atoms with van der Waals surface area (Å²) >= 11 is 3.50. The fourth-order valence-corrected chi connectivity index (χ4v) is 4.45. The van der Waals surface area contributed by atoms with Crippen molar-refractivity contribution in [1.29, 1.82) is 0 Å². The maximum atomic E-state index is 12.2. The van der Waals surface area contributed by atoms with Crippen molar-refractivity contribution in [2.24, 2.45) is 0 Å². The van der Waals surface area contributed by atoms with Gasteiger partial charge in [0.15, 0.2) is 0 Å². The Bertz CT molecular complexity index is 1380. The maximum Gasteiger partial charge on any atom is 0.253 e. The molecule has 5 rings (SSSR count). The summed E-state index contributed by atoms with van der Waals surface area (Å²) in [6.07, 6.45) is 6.02. The molecule has 3 N–H and O–H groups in total. The van der Waals surface area contributed by atoms with Crippen LogP contribution in [0.3, 0.4) is 0 Å². The second-order valence-corrected chi connectivity index (χ2v) is 9.26. The van der Waals surface area contributed by atoms with E-state index >= 15 is 0 Å². The fourth-order valence-electron chi connectivity index (χ4n) is 4.16. The number of para-hydroxylation sites is 1. The summed E-state index contributed by atoms with van der Waals surface area (Å²) in [7, 11) is 1.61. The van der Waals surface area contributed by atoms with Crippen LogP contribution in [-0.4, -0.2) is 44.3 Å². The Kier molecular flexibility index (Phi) is 7.15. The molecule has 1 aliphatic rings. The molecule has 4 aromatic rings. The first kappa shape index (κ1) is 23.8. The van der Waals surface area contributed by atoms with Crippen LogP contribution in [0.25, 0.3) is 0 Å². The zero-order chi connectivity index (χ0) is 24.9. The number of aromatic nitrogens is 4. The van der Waals surface area contributed by atoms with Crippen molar-refractivity contribution >= 4 is 45.0 Å². The molecule has 36 heavy (non-hydrogen) atoms. The van der Waals surface area contributed by atoms with Crippen molar-refractivity contribution in [1.82, 2.24) is 30.2 Å². The molecule has 0 atom stereocenters. The molecule has 0 saturated carbocycles. The monoisotopic (exact) mass is 544 g/mol. The van der Waals surface area contributed by atoms with E-state index in [0.29, 0.717) is 27.5 Å². The zero-order valence-electron chi connectivity index (χ0n) is 19.7. The minimum atomic E-state index is -0.175. The van der Waals surface area contributed by atoms with E-state index in [-0.39, 0.29) is 5.91 Å². The number of hydrogen-bond donors (Lipinski definition) is 3. The molecule has 9 nitrogen and oxygen atoms in total. The highest BCUT2D eigenvalue weighted by Gasteiger charge is 2.18. The van der Waals surface area contributed by atoms with Gasteiger partial charge in [0, 0.05) is 44.8 Å². The molecule has 0 bridgehead atoms. The van der Waals surface area contributed by atoms with Crippen molar-refractivity contribution in [3.05, 3.63) is 94.1 Å². The van der Waals surface area contributed by atoms with Gasteiger partial charge in [-0.15, -0.1) is 0 Å². The van der Waals surface area contributed by atoms with Crippen molar-refractivity contribution in [3.63, 3.8) is 0 Å². The van der Waals surface area contributed by atoms with Gasteiger partial charge in [0.2, 0.25) is 5.95 Å². The zero-order valence-corrected chi connectivity index (χ0v) is 21.3. The van der Waals surface area contributed by atoms with E-state index in [1.54, 1.807) is 31.8 Å². The van der Waals surface area contributed by atoms with Crippen LogP contribution in [0.4, 0.5) is 23.1 Å². The Labute approximate surface area is 217 Å². The number of fused-ring (bicyclic) bond motifs is 1. The van der Waals surface area contributed by atoms with Crippen LogP contribution in [0, 0.1) is 0 Å². The lowest BCUT2D eigenvalue weighted by Crippen LogP contribution is -2.30. The van der Waals surface area contributed by atoms with Crippen LogP contribution in [-0.2, 0) is 19.5 Å². The molecule has 0 spiro atoms. The normalized spacial score (nSPS) is 13.1. The number of benzene rings is 2. The molecule has 0 aliphatic carbocycles. The molecule has 2 aromatic heterocycles. The summed E-state index contributed by atoms with van der Waals surface area (Å²) in [6, 6.07) is 15.6. The van der Waals surface area contributed by atoms with Crippen molar-refractivity contribution in [2.75, 3.05) is 24.2 Å². The second kappa shape index (κ2) is 10.8. The highest BCUT2D eigenvalue weighted by Crippen LogP contribution is 2.28. The van der Waals surface area contributed by atoms with E-state index in [9.17, 15) is 4.79 Å². The Morgan fingerprint density at radius 3 is 2.81 bits per heavy atom. The van der Waals surface area contributed by atoms with Gasteiger partial charge in [-0.2, -0.15) is 4.98 Å². The molecule has 0 radical (unpaired) electrons. The Balaban J connectivity index is 1.29. The molecule has 1 amide bonds. The molecular formula is C26H25BrN8O. The minimum absolute atomic E-state index is 0.175. The van der Waals surface area contributed by atoms with Crippen molar-refractivity contribution in [3.8, 4) is 0 Å². The molecule has 0 saturated heterocycles. The Morgan fingerprint density at radius 2 is 1.97 bits per heavy atom. The van der Waals surface area contributed by atoms with E-state index in [0.717, 1.165) is 37.4 Å². The summed E-state index contributed by atoms with van der Waals surface area (Å²) in [6.45, 7) is 2.66. The molecule has 1 aliphatic heterocycles. The van der Waals surface area contributed by atoms with E-state index in [1.165, 1.54) is 11.1 Å². The predicted molar refractivity (Wildman–Crippen MR) is 142 cm³/mol. The first-order chi connectivity index (χ1) is 17.6. The van der Waals surface area contributed by atoms with Crippen LogP contribution in [0.1, 0.15) is 27.2 Å². The Morgan fingerprint density at radius 1 is 1.08 bits per heavy atom. The van der Waals surface area contributed by atoms with Crippen LogP contribution in [0.5, 0.6) is 0 Å². The van der Waals surface area contributed by atoms with Gasteiger partial charge in [-0.1, -0.05) is 18.2 Å². The number of amides is 1. The van der Waals surface area contributed by atoms with E-state index in [4.69, 9.17) is 0 Å². The molecule has 2 aromatic carbocycles. The standard InChI is InChI=1S/C26H25BrN8O/c1-28-25(36)21-4-2-3-5-23(21)33-24-22(27)13-30-26(34-24)32-19-7-6-18-14-35(11-9-17(18)12-19)15-20-8-10-29-16-31-20/h2-8,10,12-13,16H,9,11,14-15H2,1H3,(H,28,36)(H2,30,32,33,34). The number of halogens is 1. The lowest BCUT2D eigenvalue weighted by atomic mass is 9.99. The average Bonchev–Trinajstić information content (AvgIpc) is 2.91. The third kappa shape index (κ3) is 5.50. The third-order valence-electron chi connectivity index (χ3n) is 5.98. The largest absolute Gasteiger partial charge is 0.355 e. The van der Waals surface area contributed by atoms with Gasteiger partial charge in [-0.05, 0) is 63.8 Å². The second-order valence-electron chi connectivity index (χ2n) is 8.41. The summed E-state index contributed by atoms with van der Waals surface area (Å²) in [5.41, 5.74) is 5.77. The predicted octanol–water partition coefficient (Wildman–Crippen LogP) is 4.43. The number of carbonyl (C=O) groups excluding carboxylic acids is 1. The summed E-state index contributed by atoms with van der Waals surface area (Å²) in [5, 5.41) is 9.22. The average molecular weight is 545 g/mol. The number of carbonyl (C=O) groups is 1. The highest BCUT2D eigenvalue weighted by molar-refractivity contribution is 9.10. The minimum Gasteiger partial charge on any atom is -0.355 e. The number of hydrogen-bond acceptors (Lipinski definition) is 8. The van der Waals surface area contributed by atoms with E-state index < -0.39 is 0 Å². The summed E-state index contributed by atoms with van der Waals surface area (Å²) in [4.78, 5) is 32.0. The fraction of sp³-hybridized carbons (Fsp3) is 0.192. The molecule has 182 valence electrons. The van der Waals surface area contributed by atoms with Crippen LogP contribution >= 0.6 is 15.9 Å².